The van der Waals surface area contributed by atoms with Crippen molar-refractivity contribution in [1.82, 2.24) is 9.55 Å². The highest BCUT2D eigenvalue weighted by Crippen LogP contribution is 2.31. The van der Waals surface area contributed by atoms with E-state index in [0.29, 0.717) is 11.4 Å². The molecule has 1 fully saturated rings. The average Bonchev–Trinajstić information content (AvgIpc) is 3.00. The number of H-pyrrole nitrogens is 1. The Hall–Kier alpha value is -0.870. The lowest BCUT2D eigenvalue weighted by molar-refractivity contribution is 0.610. The van der Waals surface area contributed by atoms with Crippen LogP contribution >= 0.6 is 21.7 Å². The summed E-state index contributed by atoms with van der Waals surface area (Å²) < 4.78 is 1.79. The van der Waals surface area contributed by atoms with Gasteiger partial charge in [0, 0.05) is 29.2 Å². The Balaban J connectivity index is 2.12. The largest absolute Gasteiger partial charge is 0.356 e. The molecule has 0 saturated heterocycles. The van der Waals surface area contributed by atoms with Crippen molar-refractivity contribution in [2.75, 3.05) is 0 Å². The lowest BCUT2D eigenvalue weighted by Gasteiger charge is -2.03. The molecule has 0 amide bonds. The van der Waals surface area contributed by atoms with Crippen molar-refractivity contribution in [1.29, 1.82) is 0 Å². The van der Waals surface area contributed by atoms with Gasteiger partial charge in [-0.3, -0.25) is 4.79 Å². The van der Waals surface area contributed by atoms with Crippen molar-refractivity contribution in [2.24, 2.45) is 5.92 Å². The van der Waals surface area contributed by atoms with Crippen molar-refractivity contribution in [3.8, 4) is 0 Å². The summed E-state index contributed by atoms with van der Waals surface area (Å²) in [7, 11) is 6.86. The summed E-state index contributed by atoms with van der Waals surface area (Å²) in [5.74, 6) is 0.701. The summed E-state index contributed by atoms with van der Waals surface area (Å²) in [5.41, 5.74) is 0.715. The first-order valence-electron chi connectivity index (χ1n) is 5.28. The summed E-state index contributed by atoms with van der Waals surface area (Å²) in [6, 6.07) is 1.96. The van der Waals surface area contributed by atoms with Gasteiger partial charge < -0.3 is 9.55 Å². The SMILES string of the molecule is O=c1c2[nH]cc(SCl)c2ccn1CC1CC1. The van der Waals surface area contributed by atoms with Gasteiger partial charge in [-0.1, -0.05) is 0 Å². The second-order valence-electron chi connectivity index (χ2n) is 4.24. The van der Waals surface area contributed by atoms with E-state index in [4.69, 9.17) is 10.7 Å². The summed E-state index contributed by atoms with van der Waals surface area (Å²) in [5, 5.41) is 0.914. The smallest absolute Gasteiger partial charge is 0.274 e. The fraction of sp³-hybridized carbons (Fsp3) is 0.364. The van der Waals surface area contributed by atoms with Crippen LogP contribution in [0.4, 0.5) is 0 Å². The van der Waals surface area contributed by atoms with Gasteiger partial charge in [0.2, 0.25) is 0 Å². The van der Waals surface area contributed by atoms with E-state index in [1.165, 1.54) is 12.8 Å². The van der Waals surface area contributed by atoms with Crippen LogP contribution in [0.1, 0.15) is 12.8 Å². The number of pyridine rings is 1. The zero-order valence-electron chi connectivity index (χ0n) is 8.57. The average molecular weight is 255 g/mol. The topological polar surface area (TPSA) is 37.8 Å². The van der Waals surface area contributed by atoms with E-state index >= 15 is 0 Å². The molecule has 1 saturated carbocycles. The Bertz CT molecular complexity index is 585. The molecular formula is C11H11ClN2OS. The molecule has 3 rings (SSSR count). The first-order chi connectivity index (χ1) is 7.79. The fourth-order valence-electron chi connectivity index (χ4n) is 1.92. The molecule has 1 aliphatic rings. The maximum atomic E-state index is 12.1. The second kappa shape index (κ2) is 3.86. The van der Waals surface area contributed by atoms with Gasteiger partial charge in [0.25, 0.3) is 5.56 Å². The van der Waals surface area contributed by atoms with E-state index < -0.39 is 0 Å². The van der Waals surface area contributed by atoms with Gasteiger partial charge in [-0.2, -0.15) is 0 Å². The number of hydrogen-bond donors (Lipinski definition) is 1. The Morgan fingerprint density at radius 3 is 3.06 bits per heavy atom. The maximum Gasteiger partial charge on any atom is 0.274 e. The van der Waals surface area contributed by atoms with Crippen LogP contribution in [0.15, 0.2) is 28.2 Å². The van der Waals surface area contributed by atoms with Gasteiger partial charge in [0.15, 0.2) is 0 Å². The van der Waals surface area contributed by atoms with Crippen molar-refractivity contribution in [2.45, 2.75) is 24.3 Å². The molecule has 1 aliphatic carbocycles. The van der Waals surface area contributed by atoms with Crippen molar-refractivity contribution >= 4 is 32.6 Å². The Labute approximate surface area is 101 Å². The lowest BCUT2D eigenvalue weighted by Crippen LogP contribution is -2.20. The van der Waals surface area contributed by atoms with Crippen LogP contribution in [-0.2, 0) is 6.54 Å². The van der Waals surface area contributed by atoms with Crippen LogP contribution in [0, 0.1) is 5.92 Å². The molecule has 0 bridgehead atoms. The molecule has 2 heterocycles. The summed E-state index contributed by atoms with van der Waals surface area (Å²) >= 11 is 0. The molecule has 0 aliphatic heterocycles. The number of halogens is 1. The zero-order chi connectivity index (χ0) is 11.1. The maximum absolute atomic E-state index is 12.1. The van der Waals surface area contributed by atoms with Crippen LogP contribution in [0.3, 0.4) is 0 Å². The molecule has 1 N–H and O–H groups in total. The molecule has 0 atom stereocenters. The van der Waals surface area contributed by atoms with Gasteiger partial charge in [-0.15, -0.1) is 0 Å². The van der Waals surface area contributed by atoms with Gasteiger partial charge in [0.05, 0.1) is 0 Å². The predicted octanol–water partition coefficient (Wildman–Crippen LogP) is 2.99. The van der Waals surface area contributed by atoms with Crippen LogP contribution in [0.2, 0.25) is 0 Å². The minimum Gasteiger partial charge on any atom is -0.356 e. The van der Waals surface area contributed by atoms with Gasteiger partial charge in [0.1, 0.15) is 5.52 Å². The Morgan fingerprint density at radius 2 is 2.38 bits per heavy atom. The molecule has 2 aromatic heterocycles. The number of hydrogen-bond acceptors (Lipinski definition) is 2. The van der Waals surface area contributed by atoms with Crippen LogP contribution < -0.4 is 5.56 Å². The van der Waals surface area contributed by atoms with Crippen LogP contribution in [0.25, 0.3) is 10.9 Å². The summed E-state index contributed by atoms with van der Waals surface area (Å²) in [6.07, 6.45) is 6.15. The van der Waals surface area contributed by atoms with Gasteiger partial charge in [-0.25, -0.2) is 0 Å². The fourth-order valence-corrected chi connectivity index (χ4v) is 2.66. The number of nitrogens with one attached hydrogen (secondary N) is 1. The number of nitrogens with zero attached hydrogens (tertiary/aromatic N) is 1. The third-order valence-electron chi connectivity index (χ3n) is 3.01. The monoisotopic (exact) mass is 254 g/mol. The Morgan fingerprint density at radius 1 is 1.56 bits per heavy atom. The molecule has 5 heteroatoms. The zero-order valence-corrected chi connectivity index (χ0v) is 10.1. The summed E-state index contributed by atoms with van der Waals surface area (Å²) in [6.45, 7) is 0.844. The highest BCUT2D eigenvalue weighted by molar-refractivity contribution is 8.21. The minimum absolute atomic E-state index is 0.0568. The van der Waals surface area contributed by atoms with Gasteiger partial charge in [-0.05, 0) is 46.5 Å². The highest BCUT2D eigenvalue weighted by Gasteiger charge is 2.22. The van der Waals surface area contributed by atoms with E-state index in [0.717, 1.165) is 27.8 Å². The summed E-state index contributed by atoms with van der Waals surface area (Å²) in [4.78, 5) is 16.0. The normalized spacial score (nSPS) is 15.8. The molecule has 2 aromatic rings. The standard InChI is InChI=1S/C11H11ClN2OS/c12-16-9-5-13-10-8(9)3-4-14(11(10)15)6-7-1-2-7/h3-5,7,13H,1-2,6H2. The first kappa shape index (κ1) is 10.3. The molecular weight excluding hydrogens is 244 g/mol. The van der Waals surface area contributed by atoms with Crippen LogP contribution in [0.5, 0.6) is 0 Å². The molecule has 0 spiro atoms. The second-order valence-corrected chi connectivity index (χ2v) is 5.29. The number of fused-ring (bicyclic) bond motifs is 1. The third kappa shape index (κ3) is 1.66. The molecule has 0 unspecified atom stereocenters. The van der Waals surface area contributed by atoms with E-state index in [1.807, 2.05) is 12.3 Å². The third-order valence-corrected chi connectivity index (χ3v) is 4.02. The van der Waals surface area contributed by atoms with Crippen molar-refractivity contribution < 1.29 is 0 Å². The number of aromatic nitrogens is 2. The number of aromatic amines is 1. The molecule has 0 aromatic carbocycles. The molecule has 0 radical (unpaired) electrons. The van der Waals surface area contributed by atoms with Crippen molar-refractivity contribution in [3.05, 3.63) is 28.8 Å². The van der Waals surface area contributed by atoms with Crippen molar-refractivity contribution in [3.63, 3.8) is 0 Å². The van der Waals surface area contributed by atoms with E-state index in [-0.39, 0.29) is 5.56 Å². The number of rotatable bonds is 3. The van der Waals surface area contributed by atoms with Gasteiger partial charge >= 0.3 is 0 Å². The molecule has 16 heavy (non-hydrogen) atoms. The molecule has 84 valence electrons. The highest BCUT2D eigenvalue weighted by atomic mass is 35.7. The first-order valence-corrected chi connectivity index (χ1v) is 6.93. The van der Waals surface area contributed by atoms with Crippen LogP contribution in [-0.4, -0.2) is 9.55 Å². The van der Waals surface area contributed by atoms with E-state index in [2.05, 4.69) is 4.98 Å². The molecule has 3 nitrogen and oxygen atoms in total. The minimum atomic E-state index is 0.0568. The van der Waals surface area contributed by atoms with E-state index in [1.54, 1.807) is 10.8 Å². The van der Waals surface area contributed by atoms with E-state index in [9.17, 15) is 4.79 Å². The Kier molecular flexibility index (Phi) is 2.48. The predicted molar refractivity (Wildman–Crippen MR) is 67.0 cm³/mol. The lowest BCUT2D eigenvalue weighted by atomic mass is 10.3. The quantitative estimate of drug-likeness (QED) is 0.914.